The van der Waals surface area contributed by atoms with Crippen molar-refractivity contribution in [2.45, 2.75) is 12.5 Å². The SMILES string of the molecule is C[C@@](O)(CNC(=O)c1ccccc1Nc1ccccc1)c1cccs1. The van der Waals surface area contributed by atoms with E-state index in [9.17, 15) is 9.90 Å². The van der Waals surface area contributed by atoms with E-state index in [4.69, 9.17) is 0 Å². The van der Waals surface area contributed by atoms with Gasteiger partial charge in [0.15, 0.2) is 0 Å². The van der Waals surface area contributed by atoms with Crippen molar-refractivity contribution in [3.63, 3.8) is 0 Å². The molecule has 0 fully saturated rings. The molecule has 0 spiro atoms. The van der Waals surface area contributed by atoms with Crippen molar-refractivity contribution < 1.29 is 9.90 Å². The molecule has 128 valence electrons. The van der Waals surface area contributed by atoms with Crippen LogP contribution in [0.4, 0.5) is 11.4 Å². The minimum Gasteiger partial charge on any atom is -0.383 e. The summed E-state index contributed by atoms with van der Waals surface area (Å²) in [6.07, 6.45) is 0. The number of thiophene rings is 1. The van der Waals surface area contributed by atoms with E-state index < -0.39 is 5.60 Å². The van der Waals surface area contributed by atoms with Crippen LogP contribution in [0.5, 0.6) is 0 Å². The average Bonchev–Trinajstić information content (AvgIpc) is 3.17. The average molecular weight is 352 g/mol. The molecule has 3 aromatic rings. The molecule has 0 aliphatic rings. The van der Waals surface area contributed by atoms with Gasteiger partial charge in [0.2, 0.25) is 0 Å². The van der Waals surface area contributed by atoms with Crippen LogP contribution in [0.15, 0.2) is 72.1 Å². The second kappa shape index (κ2) is 7.51. The van der Waals surface area contributed by atoms with Crippen molar-refractivity contribution in [1.29, 1.82) is 0 Å². The third kappa shape index (κ3) is 4.26. The quantitative estimate of drug-likeness (QED) is 0.625. The van der Waals surface area contributed by atoms with Crippen molar-refractivity contribution in [3.8, 4) is 0 Å². The third-order valence-electron chi connectivity index (χ3n) is 3.87. The lowest BCUT2D eigenvalue weighted by Gasteiger charge is -2.22. The molecule has 2 aromatic carbocycles. The zero-order chi connectivity index (χ0) is 17.7. The maximum atomic E-state index is 12.6. The van der Waals surface area contributed by atoms with E-state index in [-0.39, 0.29) is 12.5 Å². The Morgan fingerprint density at radius 3 is 2.48 bits per heavy atom. The van der Waals surface area contributed by atoms with Crippen LogP contribution in [0.3, 0.4) is 0 Å². The summed E-state index contributed by atoms with van der Waals surface area (Å²) in [6.45, 7) is 1.85. The smallest absolute Gasteiger partial charge is 0.253 e. The minimum absolute atomic E-state index is 0.145. The Morgan fingerprint density at radius 2 is 1.76 bits per heavy atom. The molecule has 1 atom stereocenters. The van der Waals surface area contributed by atoms with Gasteiger partial charge in [0.25, 0.3) is 5.91 Å². The van der Waals surface area contributed by atoms with Crippen LogP contribution in [0.1, 0.15) is 22.2 Å². The number of anilines is 2. The second-order valence-corrected chi connectivity index (χ2v) is 6.92. The summed E-state index contributed by atoms with van der Waals surface area (Å²) in [5.74, 6) is -0.226. The summed E-state index contributed by atoms with van der Waals surface area (Å²) < 4.78 is 0. The Kier molecular flexibility index (Phi) is 5.16. The molecule has 4 nitrogen and oxygen atoms in total. The van der Waals surface area contributed by atoms with E-state index in [1.807, 2.05) is 66.0 Å². The molecule has 0 radical (unpaired) electrons. The molecule has 3 rings (SSSR count). The van der Waals surface area contributed by atoms with Crippen molar-refractivity contribution in [1.82, 2.24) is 5.32 Å². The first-order valence-electron chi connectivity index (χ1n) is 8.02. The van der Waals surface area contributed by atoms with E-state index in [2.05, 4.69) is 10.6 Å². The summed E-state index contributed by atoms with van der Waals surface area (Å²) in [5.41, 5.74) is 1.08. The Balaban J connectivity index is 1.72. The summed E-state index contributed by atoms with van der Waals surface area (Å²) in [6, 6.07) is 20.8. The summed E-state index contributed by atoms with van der Waals surface area (Å²) in [7, 11) is 0. The van der Waals surface area contributed by atoms with E-state index in [0.29, 0.717) is 5.56 Å². The van der Waals surface area contributed by atoms with E-state index in [1.165, 1.54) is 11.3 Å². The zero-order valence-electron chi connectivity index (χ0n) is 13.9. The largest absolute Gasteiger partial charge is 0.383 e. The monoisotopic (exact) mass is 352 g/mol. The molecule has 5 heteroatoms. The maximum absolute atomic E-state index is 12.6. The number of para-hydroxylation sites is 2. The van der Waals surface area contributed by atoms with Crippen LogP contribution in [-0.2, 0) is 5.60 Å². The highest BCUT2D eigenvalue weighted by molar-refractivity contribution is 7.10. The number of benzene rings is 2. The minimum atomic E-state index is -1.09. The second-order valence-electron chi connectivity index (χ2n) is 5.97. The van der Waals surface area contributed by atoms with Gasteiger partial charge in [0, 0.05) is 10.6 Å². The van der Waals surface area contributed by atoms with Crippen LogP contribution in [0.25, 0.3) is 0 Å². The number of hydrogen-bond acceptors (Lipinski definition) is 4. The standard InChI is InChI=1S/C20H20N2O2S/c1-20(24,18-12-7-13-25-18)14-21-19(23)16-10-5-6-11-17(16)22-15-8-3-2-4-9-15/h2-13,22,24H,14H2,1H3,(H,21,23)/t20-/m1/s1. The fourth-order valence-corrected chi connectivity index (χ4v) is 3.27. The molecule has 0 saturated carbocycles. The number of rotatable bonds is 6. The fourth-order valence-electron chi connectivity index (χ4n) is 2.49. The first-order chi connectivity index (χ1) is 12.1. The molecule has 1 amide bonds. The van der Waals surface area contributed by atoms with Crippen molar-refractivity contribution in [3.05, 3.63) is 82.6 Å². The molecule has 0 aliphatic carbocycles. The predicted octanol–water partition coefficient (Wildman–Crippen LogP) is 4.13. The topological polar surface area (TPSA) is 61.4 Å². The summed E-state index contributed by atoms with van der Waals surface area (Å²) in [5, 5.41) is 18.6. The normalized spacial score (nSPS) is 13.0. The van der Waals surface area contributed by atoms with E-state index in [0.717, 1.165) is 16.3 Å². The first-order valence-corrected chi connectivity index (χ1v) is 8.90. The van der Waals surface area contributed by atoms with Gasteiger partial charge in [-0.2, -0.15) is 0 Å². The van der Waals surface area contributed by atoms with Crippen LogP contribution in [0.2, 0.25) is 0 Å². The molecule has 0 aliphatic heterocycles. The highest BCUT2D eigenvalue weighted by Gasteiger charge is 2.25. The Bertz CT molecular complexity index is 830. The molecule has 0 saturated heterocycles. The lowest BCUT2D eigenvalue weighted by atomic mass is 10.0. The van der Waals surface area contributed by atoms with Crippen molar-refractivity contribution in [2.24, 2.45) is 0 Å². The molecule has 1 heterocycles. The van der Waals surface area contributed by atoms with Gasteiger partial charge in [-0.05, 0) is 42.6 Å². The predicted molar refractivity (Wildman–Crippen MR) is 102 cm³/mol. The Labute approximate surface area is 151 Å². The fraction of sp³-hybridized carbons (Fsp3) is 0.150. The van der Waals surface area contributed by atoms with Gasteiger partial charge >= 0.3 is 0 Å². The van der Waals surface area contributed by atoms with Crippen LogP contribution >= 0.6 is 11.3 Å². The molecule has 0 unspecified atom stereocenters. The Morgan fingerprint density at radius 1 is 1.04 bits per heavy atom. The maximum Gasteiger partial charge on any atom is 0.253 e. The number of nitrogens with one attached hydrogen (secondary N) is 2. The highest BCUT2D eigenvalue weighted by atomic mass is 32.1. The van der Waals surface area contributed by atoms with Gasteiger partial charge in [-0.25, -0.2) is 0 Å². The van der Waals surface area contributed by atoms with Crippen LogP contribution < -0.4 is 10.6 Å². The van der Waals surface area contributed by atoms with Gasteiger partial charge in [-0.3, -0.25) is 4.79 Å². The van der Waals surface area contributed by atoms with Gasteiger partial charge in [0.05, 0.1) is 17.8 Å². The number of aliphatic hydroxyl groups is 1. The molecular formula is C20H20N2O2S. The lowest BCUT2D eigenvalue weighted by Crippen LogP contribution is -2.38. The van der Waals surface area contributed by atoms with E-state index in [1.54, 1.807) is 13.0 Å². The number of carbonyl (C=O) groups excluding carboxylic acids is 1. The van der Waals surface area contributed by atoms with E-state index >= 15 is 0 Å². The van der Waals surface area contributed by atoms with Crippen molar-refractivity contribution in [2.75, 3.05) is 11.9 Å². The number of amides is 1. The van der Waals surface area contributed by atoms with Gasteiger partial charge in [-0.15, -0.1) is 11.3 Å². The highest BCUT2D eigenvalue weighted by Crippen LogP contribution is 2.25. The van der Waals surface area contributed by atoms with Gasteiger partial charge in [-0.1, -0.05) is 36.4 Å². The first kappa shape index (κ1) is 17.2. The van der Waals surface area contributed by atoms with Crippen LogP contribution in [0, 0.1) is 0 Å². The molecule has 0 bridgehead atoms. The summed E-state index contributed by atoms with van der Waals surface area (Å²) >= 11 is 1.47. The number of hydrogen-bond donors (Lipinski definition) is 3. The Hall–Kier alpha value is -2.63. The molecule has 3 N–H and O–H groups in total. The lowest BCUT2D eigenvalue weighted by molar-refractivity contribution is 0.0557. The molecule has 25 heavy (non-hydrogen) atoms. The number of carbonyl (C=O) groups is 1. The molecular weight excluding hydrogens is 332 g/mol. The van der Waals surface area contributed by atoms with Gasteiger partial charge < -0.3 is 15.7 Å². The van der Waals surface area contributed by atoms with Gasteiger partial charge in [0.1, 0.15) is 5.60 Å². The molecule has 1 aromatic heterocycles. The van der Waals surface area contributed by atoms with Crippen LogP contribution in [-0.4, -0.2) is 17.6 Å². The third-order valence-corrected chi connectivity index (χ3v) is 4.99. The zero-order valence-corrected chi connectivity index (χ0v) is 14.7. The summed E-state index contributed by atoms with van der Waals surface area (Å²) in [4.78, 5) is 13.4. The van der Waals surface area contributed by atoms with Crippen molar-refractivity contribution >= 4 is 28.6 Å².